The van der Waals surface area contributed by atoms with Crippen molar-refractivity contribution in [2.24, 2.45) is 10.2 Å². The lowest BCUT2D eigenvalue weighted by Gasteiger charge is -2.36. The zero-order valence-electron chi connectivity index (χ0n) is 23.7. The van der Waals surface area contributed by atoms with Crippen molar-refractivity contribution in [2.75, 3.05) is 78.5 Å². The second-order valence-electron chi connectivity index (χ2n) is 10.9. The van der Waals surface area contributed by atoms with Crippen molar-refractivity contribution in [3.63, 3.8) is 0 Å². The highest BCUT2D eigenvalue weighted by Gasteiger charge is 2.22. The van der Waals surface area contributed by atoms with Gasteiger partial charge in [0.1, 0.15) is 13.2 Å². The number of non-ortho nitro benzene ring substituents is 1. The number of nitro groups is 1. The molecule has 1 heterocycles. The van der Waals surface area contributed by atoms with E-state index >= 15 is 0 Å². The molecule has 0 aliphatic carbocycles. The molecule has 40 heavy (non-hydrogen) atoms. The van der Waals surface area contributed by atoms with Crippen LogP contribution in [0.2, 0.25) is 0 Å². The highest BCUT2D eigenvalue weighted by molar-refractivity contribution is 7.47. The van der Waals surface area contributed by atoms with Gasteiger partial charge >= 0.3 is 7.82 Å². The van der Waals surface area contributed by atoms with Gasteiger partial charge in [0.05, 0.1) is 44.0 Å². The Balaban J connectivity index is 1.27. The number of quaternary nitrogens is 1. The largest absolute Gasteiger partial charge is 0.472 e. The highest BCUT2D eigenvalue weighted by atomic mass is 31.2. The van der Waals surface area contributed by atoms with E-state index in [0.717, 1.165) is 69.8 Å². The smallest absolute Gasteiger partial charge is 0.369 e. The predicted octanol–water partition coefficient (Wildman–Crippen LogP) is 5.53. The Hall–Kier alpha value is -2.73. The maximum absolute atomic E-state index is 11.9. The summed E-state index contributed by atoms with van der Waals surface area (Å²) >= 11 is 0. The average molecular weight is 578 g/mol. The predicted molar refractivity (Wildman–Crippen MR) is 155 cm³/mol. The van der Waals surface area contributed by atoms with Crippen LogP contribution in [0.25, 0.3) is 0 Å². The molecule has 0 spiro atoms. The van der Waals surface area contributed by atoms with Gasteiger partial charge in [0.25, 0.3) is 5.69 Å². The number of piperazine rings is 1. The van der Waals surface area contributed by atoms with Crippen LogP contribution in [0.4, 0.5) is 22.7 Å². The van der Waals surface area contributed by atoms with E-state index in [4.69, 9.17) is 9.05 Å². The molecule has 1 aliphatic heterocycles. The maximum Gasteiger partial charge on any atom is 0.472 e. The van der Waals surface area contributed by atoms with Crippen molar-refractivity contribution >= 4 is 30.6 Å². The Morgan fingerprint density at radius 1 is 0.875 bits per heavy atom. The van der Waals surface area contributed by atoms with E-state index in [1.807, 2.05) is 45.4 Å². The normalized spacial score (nSPS) is 16.4. The van der Waals surface area contributed by atoms with Crippen LogP contribution in [0.15, 0.2) is 58.8 Å². The van der Waals surface area contributed by atoms with Gasteiger partial charge in [-0.05, 0) is 55.8 Å². The van der Waals surface area contributed by atoms with Crippen LogP contribution in [0.3, 0.4) is 0 Å². The molecule has 0 bridgehead atoms. The fourth-order valence-corrected chi connectivity index (χ4v) is 4.90. The molecule has 0 saturated carbocycles. The molecule has 0 aromatic heterocycles. The molecular weight excluding hydrogens is 535 g/mol. The van der Waals surface area contributed by atoms with E-state index in [1.54, 1.807) is 12.1 Å². The van der Waals surface area contributed by atoms with E-state index in [9.17, 15) is 19.6 Å². The molecule has 1 fully saturated rings. The van der Waals surface area contributed by atoms with Crippen molar-refractivity contribution < 1.29 is 27.9 Å². The van der Waals surface area contributed by atoms with Crippen molar-refractivity contribution in [3.8, 4) is 0 Å². The van der Waals surface area contributed by atoms with E-state index < -0.39 is 12.7 Å². The first-order chi connectivity index (χ1) is 19.0. The minimum Gasteiger partial charge on any atom is -0.369 e. The van der Waals surface area contributed by atoms with Gasteiger partial charge in [0.15, 0.2) is 0 Å². The fraction of sp³-hybridized carbons (Fsp3) is 0.556. The quantitative estimate of drug-likeness (QED) is 0.0688. The lowest BCUT2D eigenvalue weighted by atomic mass is 10.2. The van der Waals surface area contributed by atoms with Crippen LogP contribution >= 0.6 is 7.82 Å². The summed E-state index contributed by atoms with van der Waals surface area (Å²) in [7, 11) is 2.02. The molecule has 0 radical (unpaired) electrons. The first-order valence-electron chi connectivity index (χ1n) is 13.7. The number of anilines is 1. The van der Waals surface area contributed by atoms with Crippen LogP contribution in [-0.2, 0) is 13.6 Å². The van der Waals surface area contributed by atoms with E-state index in [-0.39, 0.29) is 18.9 Å². The van der Waals surface area contributed by atoms with E-state index in [1.165, 1.54) is 12.1 Å². The number of azo groups is 1. The number of nitro benzene ring substituents is 1. The summed E-state index contributed by atoms with van der Waals surface area (Å²) in [6.45, 7) is 6.02. The topological polar surface area (TPSA) is 130 Å². The third-order valence-corrected chi connectivity index (χ3v) is 7.59. The second kappa shape index (κ2) is 15.3. The Kier molecular flexibility index (Phi) is 12.2. The molecule has 2 aromatic carbocycles. The second-order valence-corrected chi connectivity index (χ2v) is 12.3. The molecule has 13 heteroatoms. The van der Waals surface area contributed by atoms with Crippen LogP contribution < -0.4 is 4.90 Å². The number of hydrogen-bond donors (Lipinski definition) is 1. The molecule has 1 aliphatic rings. The van der Waals surface area contributed by atoms with Crippen molar-refractivity contribution in [1.29, 1.82) is 0 Å². The molecule has 1 saturated heterocycles. The molecule has 1 unspecified atom stereocenters. The lowest BCUT2D eigenvalue weighted by Crippen LogP contribution is -2.46. The van der Waals surface area contributed by atoms with E-state index in [0.29, 0.717) is 16.7 Å². The summed E-state index contributed by atoms with van der Waals surface area (Å²) < 4.78 is 22.7. The number of likely N-dealkylation sites (N-methyl/N-ethyl adjacent to an activating group) is 1. The zero-order valence-corrected chi connectivity index (χ0v) is 24.6. The first kappa shape index (κ1) is 31.8. The monoisotopic (exact) mass is 577 g/mol. The molecular formula is C27H42N6O6P+. The molecule has 1 atom stereocenters. The number of unbranched alkanes of at least 4 members (excludes halogenated alkanes) is 3. The third-order valence-electron chi connectivity index (χ3n) is 6.57. The van der Waals surface area contributed by atoms with Crippen LogP contribution in [0, 0.1) is 10.1 Å². The summed E-state index contributed by atoms with van der Waals surface area (Å²) in [5, 5.41) is 19.1. The summed E-state index contributed by atoms with van der Waals surface area (Å²) in [6, 6.07) is 13.9. The minimum absolute atomic E-state index is 0.0269. The van der Waals surface area contributed by atoms with Crippen molar-refractivity contribution in [1.82, 2.24) is 4.90 Å². The number of benzene rings is 2. The standard InChI is InChI=1S/C27H41N6O6P/c1-33(2,3)21-23-39-40(36,37)38-22-7-5-4-6-16-30-17-19-31(20-18-30)26-12-8-24(9-13-26)28-29-25-10-14-27(15-11-25)32(34)35/h8-15H,4-7,16-23H2,1-3H3/p+1. The Bertz CT molecular complexity index is 1130. The number of phosphoric acid groups is 1. The fourth-order valence-electron chi connectivity index (χ4n) is 4.15. The molecule has 0 amide bonds. The Morgan fingerprint density at radius 3 is 2.00 bits per heavy atom. The van der Waals surface area contributed by atoms with E-state index in [2.05, 4.69) is 20.0 Å². The van der Waals surface area contributed by atoms with Gasteiger partial charge in [-0.3, -0.25) is 24.1 Å². The maximum atomic E-state index is 11.9. The van der Waals surface area contributed by atoms with Crippen LogP contribution in [-0.4, -0.2) is 92.8 Å². The number of phosphoric ester groups is 1. The molecule has 220 valence electrons. The van der Waals surface area contributed by atoms with Gasteiger partial charge in [-0.25, -0.2) is 4.57 Å². The van der Waals surface area contributed by atoms with Crippen LogP contribution in [0.1, 0.15) is 25.7 Å². The molecule has 1 N–H and O–H groups in total. The van der Waals surface area contributed by atoms with Gasteiger partial charge in [-0.1, -0.05) is 12.8 Å². The Labute approximate surface area is 236 Å². The molecule has 3 rings (SSSR count). The van der Waals surface area contributed by atoms with Gasteiger partial charge in [-0.15, -0.1) is 0 Å². The SMILES string of the molecule is C[N+](C)(C)CCOP(=O)(O)OCCCCCCN1CCN(c2ccc(N=Nc3ccc([N+](=O)[O-])cc3)cc2)CC1. The lowest BCUT2D eigenvalue weighted by molar-refractivity contribution is -0.870. The molecule has 2 aromatic rings. The summed E-state index contributed by atoms with van der Waals surface area (Å²) in [5.41, 5.74) is 2.46. The third kappa shape index (κ3) is 11.8. The Morgan fingerprint density at radius 2 is 1.43 bits per heavy atom. The molecule has 12 nitrogen and oxygen atoms in total. The van der Waals surface area contributed by atoms with Crippen molar-refractivity contribution in [2.45, 2.75) is 25.7 Å². The average Bonchev–Trinajstić information content (AvgIpc) is 2.91. The van der Waals surface area contributed by atoms with Gasteiger partial charge < -0.3 is 14.3 Å². The highest BCUT2D eigenvalue weighted by Crippen LogP contribution is 2.43. The van der Waals surface area contributed by atoms with Crippen LogP contribution in [0.5, 0.6) is 0 Å². The summed E-state index contributed by atoms with van der Waals surface area (Å²) in [5.74, 6) is 0. The summed E-state index contributed by atoms with van der Waals surface area (Å²) in [4.78, 5) is 24.9. The van der Waals surface area contributed by atoms with Gasteiger partial charge in [0, 0.05) is 44.0 Å². The van der Waals surface area contributed by atoms with Crippen molar-refractivity contribution in [3.05, 3.63) is 58.6 Å². The number of hydrogen-bond acceptors (Lipinski definition) is 9. The summed E-state index contributed by atoms with van der Waals surface area (Å²) in [6.07, 6.45) is 3.83. The van der Waals surface area contributed by atoms with Gasteiger partial charge in [-0.2, -0.15) is 10.2 Å². The minimum atomic E-state index is -3.96. The van der Waals surface area contributed by atoms with Gasteiger partial charge in [0.2, 0.25) is 0 Å². The zero-order chi connectivity index (χ0) is 29.0. The number of nitrogens with zero attached hydrogens (tertiary/aromatic N) is 6. The number of rotatable bonds is 16. The first-order valence-corrected chi connectivity index (χ1v) is 15.2.